The molecule has 1 heterocycles. The number of hydrogen-bond acceptors (Lipinski definition) is 2. The highest BCUT2D eigenvalue weighted by molar-refractivity contribution is 5.15. The second-order valence-electron chi connectivity index (χ2n) is 4.36. The Kier molecular flexibility index (Phi) is 5.79. The summed E-state index contributed by atoms with van der Waals surface area (Å²) in [6, 6.07) is 4.60. The minimum Gasteiger partial charge on any atom is -0.310 e. The number of nitrogens with one attached hydrogen (secondary N) is 1. The third kappa shape index (κ3) is 5.08. The molecule has 0 spiro atoms. The second kappa shape index (κ2) is 7.18. The molecule has 0 aromatic carbocycles. The molecule has 0 aliphatic heterocycles. The van der Waals surface area contributed by atoms with Crippen LogP contribution in [0.4, 0.5) is 0 Å². The van der Waals surface area contributed by atoms with Crippen LogP contribution in [-0.4, -0.2) is 17.6 Å². The van der Waals surface area contributed by atoms with Crippen molar-refractivity contribution in [3.05, 3.63) is 41.7 Å². The average molecular weight is 218 g/mol. The smallest absolute Gasteiger partial charge is 0.0292 e. The predicted octanol–water partition coefficient (Wildman–Crippen LogP) is 2.96. The zero-order chi connectivity index (χ0) is 11.8. The summed E-state index contributed by atoms with van der Waals surface area (Å²) in [5, 5.41) is 3.55. The van der Waals surface area contributed by atoms with E-state index in [1.165, 1.54) is 17.6 Å². The molecule has 1 unspecified atom stereocenters. The normalized spacial score (nSPS) is 12.2. The van der Waals surface area contributed by atoms with Gasteiger partial charge in [-0.25, -0.2) is 0 Å². The van der Waals surface area contributed by atoms with Crippen molar-refractivity contribution in [2.24, 2.45) is 0 Å². The van der Waals surface area contributed by atoms with Crippen LogP contribution in [0, 0.1) is 0 Å². The lowest BCUT2D eigenvalue weighted by atomic mass is 10.1. The van der Waals surface area contributed by atoms with Gasteiger partial charge in [-0.3, -0.25) is 4.98 Å². The predicted molar refractivity (Wildman–Crippen MR) is 69.5 cm³/mol. The topological polar surface area (TPSA) is 24.9 Å². The van der Waals surface area contributed by atoms with Crippen LogP contribution in [0.2, 0.25) is 0 Å². The van der Waals surface area contributed by atoms with Crippen LogP contribution in [0.25, 0.3) is 0 Å². The van der Waals surface area contributed by atoms with Gasteiger partial charge in [0.2, 0.25) is 0 Å². The molecule has 1 rings (SSSR count). The Morgan fingerprint density at radius 1 is 1.38 bits per heavy atom. The molecular weight excluding hydrogens is 196 g/mol. The molecule has 1 N–H and O–H groups in total. The highest BCUT2D eigenvalue weighted by Crippen LogP contribution is 2.05. The number of pyridine rings is 1. The molecule has 0 radical (unpaired) electrons. The van der Waals surface area contributed by atoms with Crippen molar-refractivity contribution in [1.82, 2.24) is 10.3 Å². The van der Waals surface area contributed by atoms with Crippen LogP contribution in [0.1, 0.15) is 32.8 Å². The van der Waals surface area contributed by atoms with E-state index in [0.717, 1.165) is 13.0 Å². The lowest BCUT2D eigenvalue weighted by molar-refractivity contribution is 0.582. The number of rotatable bonds is 6. The first kappa shape index (κ1) is 12.9. The number of nitrogens with zero attached hydrogens (tertiary/aromatic N) is 1. The van der Waals surface area contributed by atoms with Crippen molar-refractivity contribution in [2.45, 2.75) is 39.7 Å². The minimum absolute atomic E-state index is 0.437. The first-order chi connectivity index (χ1) is 7.72. The molecule has 2 nitrogen and oxygen atoms in total. The van der Waals surface area contributed by atoms with E-state index in [4.69, 9.17) is 0 Å². The third-order valence-corrected chi connectivity index (χ3v) is 2.40. The average Bonchev–Trinajstić information content (AvgIpc) is 2.26. The van der Waals surface area contributed by atoms with E-state index in [1.54, 1.807) is 0 Å². The molecule has 1 aromatic rings. The monoisotopic (exact) mass is 218 g/mol. The quantitative estimate of drug-likeness (QED) is 0.743. The molecule has 0 saturated heterocycles. The van der Waals surface area contributed by atoms with Crippen LogP contribution >= 0.6 is 0 Å². The van der Waals surface area contributed by atoms with Gasteiger partial charge in [0.1, 0.15) is 0 Å². The van der Waals surface area contributed by atoms with E-state index < -0.39 is 0 Å². The molecule has 0 saturated carbocycles. The summed E-state index contributed by atoms with van der Waals surface area (Å²) in [5.74, 6) is 0. The van der Waals surface area contributed by atoms with Gasteiger partial charge in [0.05, 0.1) is 0 Å². The Bertz CT molecular complexity index is 313. The van der Waals surface area contributed by atoms with Crippen molar-refractivity contribution in [2.75, 3.05) is 6.54 Å². The van der Waals surface area contributed by atoms with E-state index >= 15 is 0 Å². The minimum atomic E-state index is 0.437. The van der Waals surface area contributed by atoms with Gasteiger partial charge in [-0.1, -0.05) is 18.6 Å². The van der Waals surface area contributed by atoms with Gasteiger partial charge >= 0.3 is 0 Å². The van der Waals surface area contributed by atoms with E-state index in [-0.39, 0.29) is 0 Å². The Labute approximate surface area is 98.8 Å². The van der Waals surface area contributed by atoms with Crippen LogP contribution < -0.4 is 5.32 Å². The van der Waals surface area contributed by atoms with Crippen molar-refractivity contribution >= 4 is 0 Å². The highest BCUT2D eigenvalue weighted by atomic mass is 14.9. The Morgan fingerprint density at radius 3 is 2.62 bits per heavy atom. The molecule has 0 bridgehead atoms. The number of allylic oxidation sites excluding steroid dienone is 1. The van der Waals surface area contributed by atoms with Gasteiger partial charge < -0.3 is 5.32 Å². The Hall–Kier alpha value is -1.15. The summed E-state index contributed by atoms with van der Waals surface area (Å²) in [6.07, 6.45) is 8.22. The highest BCUT2D eigenvalue weighted by Gasteiger charge is 2.05. The Morgan fingerprint density at radius 2 is 2.06 bits per heavy atom. The first-order valence-electron chi connectivity index (χ1n) is 5.99. The van der Waals surface area contributed by atoms with Gasteiger partial charge in [-0.2, -0.15) is 0 Å². The molecule has 0 amide bonds. The van der Waals surface area contributed by atoms with Crippen molar-refractivity contribution < 1.29 is 0 Å². The van der Waals surface area contributed by atoms with E-state index in [9.17, 15) is 0 Å². The van der Waals surface area contributed by atoms with E-state index in [1.807, 2.05) is 12.4 Å². The summed E-state index contributed by atoms with van der Waals surface area (Å²) in [5.41, 5.74) is 2.70. The fraction of sp³-hybridized carbons (Fsp3) is 0.500. The standard InChI is InChI=1S/C14H22N2/c1-4-7-16-14(10-12(2)3)11-13-5-8-15-9-6-13/h5-6,8-10,14,16H,4,7,11H2,1-3H3. The summed E-state index contributed by atoms with van der Waals surface area (Å²) in [6.45, 7) is 7.55. The molecule has 2 heteroatoms. The van der Waals surface area contributed by atoms with Gasteiger partial charge in [-0.15, -0.1) is 0 Å². The fourth-order valence-corrected chi connectivity index (χ4v) is 1.69. The zero-order valence-corrected chi connectivity index (χ0v) is 10.5. The van der Waals surface area contributed by atoms with Crippen LogP contribution in [0.5, 0.6) is 0 Å². The lowest BCUT2D eigenvalue weighted by Crippen LogP contribution is -2.30. The molecule has 0 fully saturated rings. The third-order valence-electron chi connectivity index (χ3n) is 2.40. The molecule has 1 atom stereocenters. The van der Waals surface area contributed by atoms with E-state index in [0.29, 0.717) is 6.04 Å². The van der Waals surface area contributed by atoms with Gasteiger partial charge in [-0.05, 0) is 50.9 Å². The number of aromatic nitrogens is 1. The van der Waals surface area contributed by atoms with Gasteiger partial charge in [0, 0.05) is 18.4 Å². The molecule has 1 aromatic heterocycles. The first-order valence-corrected chi connectivity index (χ1v) is 5.99. The summed E-state index contributed by atoms with van der Waals surface area (Å²) >= 11 is 0. The van der Waals surface area contributed by atoms with Crippen molar-refractivity contribution in [3.63, 3.8) is 0 Å². The van der Waals surface area contributed by atoms with Crippen LogP contribution in [-0.2, 0) is 6.42 Å². The largest absolute Gasteiger partial charge is 0.310 e. The lowest BCUT2D eigenvalue weighted by Gasteiger charge is -2.15. The fourth-order valence-electron chi connectivity index (χ4n) is 1.69. The summed E-state index contributed by atoms with van der Waals surface area (Å²) in [7, 11) is 0. The maximum Gasteiger partial charge on any atom is 0.0292 e. The van der Waals surface area contributed by atoms with Crippen LogP contribution in [0.15, 0.2) is 36.2 Å². The van der Waals surface area contributed by atoms with E-state index in [2.05, 4.69) is 49.3 Å². The summed E-state index contributed by atoms with van der Waals surface area (Å²) in [4.78, 5) is 4.04. The maximum atomic E-state index is 4.04. The molecule has 88 valence electrons. The SMILES string of the molecule is CCCNC(C=C(C)C)Cc1ccncc1. The van der Waals surface area contributed by atoms with Crippen molar-refractivity contribution in [3.8, 4) is 0 Å². The molecular formula is C14H22N2. The van der Waals surface area contributed by atoms with Crippen molar-refractivity contribution in [1.29, 1.82) is 0 Å². The van der Waals surface area contributed by atoms with Crippen LogP contribution in [0.3, 0.4) is 0 Å². The van der Waals surface area contributed by atoms with Gasteiger partial charge in [0.15, 0.2) is 0 Å². The van der Waals surface area contributed by atoms with Gasteiger partial charge in [0.25, 0.3) is 0 Å². The Balaban J connectivity index is 2.59. The molecule has 0 aliphatic rings. The maximum absolute atomic E-state index is 4.04. The second-order valence-corrected chi connectivity index (χ2v) is 4.36. The molecule has 0 aliphatic carbocycles. The number of hydrogen-bond donors (Lipinski definition) is 1. The molecule has 16 heavy (non-hydrogen) atoms. The zero-order valence-electron chi connectivity index (χ0n) is 10.5. The summed E-state index contributed by atoms with van der Waals surface area (Å²) < 4.78 is 0.